The van der Waals surface area contributed by atoms with Crippen LogP contribution in [0.3, 0.4) is 0 Å². The molecule has 0 saturated carbocycles. The summed E-state index contributed by atoms with van der Waals surface area (Å²) in [6, 6.07) is 12.8. The zero-order valence-electron chi connectivity index (χ0n) is 15.2. The summed E-state index contributed by atoms with van der Waals surface area (Å²) < 4.78 is 5.42. The second kappa shape index (κ2) is 12.3. The van der Waals surface area contributed by atoms with Gasteiger partial charge in [0.25, 0.3) is 0 Å². The van der Waals surface area contributed by atoms with Gasteiger partial charge in [-0.1, -0.05) is 30.3 Å². The molecule has 25 heavy (non-hydrogen) atoms. The third-order valence-electron chi connectivity index (χ3n) is 3.79. The Hall–Kier alpha value is -1.12. The van der Waals surface area contributed by atoms with Gasteiger partial charge in [-0.2, -0.15) is 0 Å². The maximum atomic E-state index is 5.42. The van der Waals surface area contributed by atoms with Gasteiger partial charge < -0.3 is 15.0 Å². The number of nitrogens with zero attached hydrogens (tertiary/aromatic N) is 2. The number of thiophene rings is 1. The largest absolute Gasteiger partial charge is 0.377 e. The van der Waals surface area contributed by atoms with Crippen molar-refractivity contribution < 1.29 is 4.74 Å². The van der Waals surface area contributed by atoms with Crippen LogP contribution in [0.25, 0.3) is 0 Å². The molecule has 0 fully saturated rings. The zero-order valence-corrected chi connectivity index (χ0v) is 18.3. The fourth-order valence-electron chi connectivity index (χ4n) is 2.38. The summed E-state index contributed by atoms with van der Waals surface area (Å²) >= 11 is 1.80. The molecule has 0 atom stereocenters. The normalized spacial score (nSPS) is 11.1. The zero-order chi connectivity index (χ0) is 17.2. The monoisotopic (exact) mass is 473 g/mol. The molecule has 1 aromatic heterocycles. The minimum atomic E-state index is 0. The first-order valence-electron chi connectivity index (χ1n) is 8.32. The molecule has 1 aromatic carbocycles. The molecular weight excluding hydrogens is 445 g/mol. The smallest absolute Gasteiger partial charge is 0.193 e. The molecule has 2 aromatic rings. The van der Waals surface area contributed by atoms with E-state index in [2.05, 4.69) is 64.0 Å². The van der Waals surface area contributed by atoms with E-state index in [1.807, 2.05) is 14.0 Å². The number of likely N-dealkylation sites (N-methyl/N-ethyl adjacent to an activating group) is 1. The van der Waals surface area contributed by atoms with Crippen LogP contribution in [-0.4, -0.2) is 38.1 Å². The van der Waals surface area contributed by atoms with Crippen LogP contribution in [-0.2, 0) is 24.3 Å². The summed E-state index contributed by atoms with van der Waals surface area (Å²) in [5, 5.41) is 5.55. The summed E-state index contributed by atoms with van der Waals surface area (Å²) in [6.07, 6.45) is 1.04. The van der Waals surface area contributed by atoms with E-state index in [4.69, 9.17) is 4.74 Å². The van der Waals surface area contributed by atoms with E-state index in [0.29, 0.717) is 6.61 Å². The molecule has 1 N–H and O–H groups in total. The molecule has 0 saturated heterocycles. The number of hydrogen-bond acceptors (Lipinski definition) is 3. The van der Waals surface area contributed by atoms with Gasteiger partial charge in [0.15, 0.2) is 5.96 Å². The number of nitrogens with one attached hydrogen (secondary N) is 1. The van der Waals surface area contributed by atoms with Crippen molar-refractivity contribution in [3.8, 4) is 0 Å². The Morgan fingerprint density at radius 1 is 1.20 bits per heavy atom. The second-order valence-corrected chi connectivity index (χ2v) is 6.64. The average Bonchev–Trinajstić information content (AvgIpc) is 3.13. The summed E-state index contributed by atoms with van der Waals surface area (Å²) in [5.74, 6) is 0.921. The SMILES string of the molecule is CCOCc1ccc(CNC(=NC)N(C)CCc2cccs2)cc1.I. The summed E-state index contributed by atoms with van der Waals surface area (Å²) in [6.45, 7) is 5.16. The third-order valence-corrected chi connectivity index (χ3v) is 4.73. The van der Waals surface area contributed by atoms with E-state index in [0.717, 1.165) is 32.1 Å². The molecule has 0 radical (unpaired) electrons. The predicted octanol–water partition coefficient (Wildman–Crippen LogP) is 4.15. The predicted molar refractivity (Wildman–Crippen MR) is 118 cm³/mol. The standard InChI is InChI=1S/C19H27N3OS.HI/c1-4-23-15-17-9-7-16(8-10-17)14-21-19(20-2)22(3)12-11-18-6-5-13-24-18;/h5-10,13H,4,11-12,14-15H2,1-3H3,(H,20,21);1H. The van der Waals surface area contributed by atoms with E-state index >= 15 is 0 Å². The number of aliphatic imine (C=N–C) groups is 1. The van der Waals surface area contributed by atoms with Crippen LogP contribution in [0.4, 0.5) is 0 Å². The first-order valence-corrected chi connectivity index (χ1v) is 9.20. The number of hydrogen-bond donors (Lipinski definition) is 1. The van der Waals surface area contributed by atoms with Crippen molar-refractivity contribution in [1.29, 1.82) is 0 Å². The fraction of sp³-hybridized carbons (Fsp3) is 0.421. The Balaban J connectivity index is 0.00000312. The Kier molecular flexibility index (Phi) is 10.8. The van der Waals surface area contributed by atoms with Gasteiger partial charge in [0, 0.05) is 38.7 Å². The second-order valence-electron chi connectivity index (χ2n) is 5.61. The molecule has 1 heterocycles. The number of ether oxygens (including phenoxy) is 1. The minimum Gasteiger partial charge on any atom is -0.377 e. The van der Waals surface area contributed by atoms with Crippen LogP contribution in [0.5, 0.6) is 0 Å². The van der Waals surface area contributed by atoms with Gasteiger partial charge in [0.2, 0.25) is 0 Å². The van der Waals surface area contributed by atoms with Crippen molar-refractivity contribution in [2.45, 2.75) is 26.5 Å². The molecule has 0 amide bonds. The van der Waals surface area contributed by atoms with Crippen LogP contribution < -0.4 is 5.32 Å². The Bertz CT molecular complexity index is 614. The maximum Gasteiger partial charge on any atom is 0.193 e. The molecule has 0 aliphatic rings. The van der Waals surface area contributed by atoms with E-state index in [1.54, 1.807) is 11.3 Å². The maximum absolute atomic E-state index is 5.42. The van der Waals surface area contributed by atoms with E-state index in [1.165, 1.54) is 16.0 Å². The summed E-state index contributed by atoms with van der Waals surface area (Å²) in [4.78, 5) is 7.95. The number of halogens is 1. The van der Waals surface area contributed by atoms with Crippen molar-refractivity contribution in [1.82, 2.24) is 10.2 Å². The number of benzene rings is 1. The molecule has 0 aliphatic heterocycles. The molecule has 0 aliphatic carbocycles. The highest BCUT2D eigenvalue weighted by Crippen LogP contribution is 2.10. The van der Waals surface area contributed by atoms with E-state index in [9.17, 15) is 0 Å². The molecular formula is C19H28IN3OS. The lowest BCUT2D eigenvalue weighted by Gasteiger charge is -2.22. The molecule has 6 heteroatoms. The fourth-order valence-corrected chi connectivity index (χ4v) is 3.08. The lowest BCUT2D eigenvalue weighted by molar-refractivity contribution is 0.134. The number of guanidine groups is 1. The molecule has 0 bridgehead atoms. The Labute approximate surface area is 172 Å². The van der Waals surface area contributed by atoms with Crippen molar-refractivity contribution in [2.75, 3.05) is 27.2 Å². The van der Waals surface area contributed by atoms with Crippen LogP contribution in [0.2, 0.25) is 0 Å². The topological polar surface area (TPSA) is 36.9 Å². The Morgan fingerprint density at radius 2 is 1.92 bits per heavy atom. The highest BCUT2D eigenvalue weighted by molar-refractivity contribution is 14.0. The Morgan fingerprint density at radius 3 is 2.52 bits per heavy atom. The lowest BCUT2D eigenvalue weighted by Crippen LogP contribution is -2.39. The minimum absolute atomic E-state index is 0. The van der Waals surface area contributed by atoms with Crippen molar-refractivity contribution in [3.63, 3.8) is 0 Å². The summed E-state index contributed by atoms with van der Waals surface area (Å²) in [7, 11) is 3.91. The summed E-state index contributed by atoms with van der Waals surface area (Å²) in [5.41, 5.74) is 2.45. The van der Waals surface area contributed by atoms with Gasteiger partial charge in [-0.25, -0.2) is 0 Å². The van der Waals surface area contributed by atoms with E-state index in [-0.39, 0.29) is 24.0 Å². The van der Waals surface area contributed by atoms with Crippen molar-refractivity contribution in [3.05, 3.63) is 57.8 Å². The number of rotatable bonds is 8. The van der Waals surface area contributed by atoms with Gasteiger partial charge in [-0.3, -0.25) is 4.99 Å². The first-order chi connectivity index (χ1) is 11.7. The molecule has 4 nitrogen and oxygen atoms in total. The lowest BCUT2D eigenvalue weighted by atomic mass is 10.1. The average molecular weight is 473 g/mol. The molecule has 0 spiro atoms. The molecule has 0 unspecified atom stereocenters. The van der Waals surface area contributed by atoms with Crippen LogP contribution >= 0.6 is 35.3 Å². The highest BCUT2D eigenvalue weighted by atomic mass is 127. The van der Waals surface area contributed by atoms with Crippen LogP contribution in [0.1, 0.15) is 22.9 Å². The third kappa shape index (κ3) is 7.75. The van der Waals surface area contributed by atoms with Crippen LogP contribution in [0.15, 0.2) is 46.8 Å². The van der Waals surface area contributed by atoms with Gasteiger partial charge in [0.1, 0.15) is 0 Å². The van der Waals surface area contributed by atoms with E-state index < -0.39 is 0 Å². The van der Waals surface area contributed by atoms with Crippen molar-refractivity contribution >= 4 is 41.3 Å². The highest BCUT2D eigenvalue weighted by Gasteiger charge is 2.06. The van der Waals surface area contributed by atoms with Gasteiger partial charge >= 0.3 is 0 Å². The first kappa shape index (κ1) is 21.9. The van der Waals surface area contributed by atoms with Gasteiger partial charge in [0.05, 0.1) is 6.61 Å². The van der Waals surface area contributed by atoms with Crippen LogP contribution in [0, 0.1) is 0 Å². The molecule has 2 rings (SSSR count). The molecule has 138 valence electrons. The van der Waals surface area contributed by atoms with Gasteiger partial charge in [-0.05, 0) is 35.9 Å². The quantitative estimate of drug-likeness (QED) is 0.356. The van der Waals surface area contributed by atoms with Gasteiger partial charge in [-0.15, -0.1) is 35.3 Å². The van der Waals surface area contributed by atoms with Crippen molar-refractivity contribution in [2.24, 2.45) is 4.99 Å².